The van der Waals surface area contributed by atoms with Gasteiger partial charge in [-0.3, -0.25) is 9.88 Å². The van der Waals surface area contributed by atoms with E-state index >= 15 is 4.39 Å². The number of aryl methyl sites for hydroxylation is 2. The van der Waals surface area contributed by atoms with E-state index in [0.29, 0.717) is 53.6 Å². The van der Waals surface area contributed by atoms with Gasteiger partial charge in [0.1, 0.15) is 24.0 Å². The molecule has 0 saturated carbocycles. The summed E-state index contributed by atoms with van der Waals surface area (Å²) in [6, 6.07) is 2.74. The summed E-state index contributed by atoms with van der Waals surface area (Å²) in [6.07, 6.45) is 4.46. The van der Waals surface area contributed by atoms with Gasteiger partial charge in [-0.25, -0.2) is 4.39 Å². The molecule has 9 rings (SSSR count). The minimum absolute atomic E-state index is 0.0000682. The molecule has 0 aliphatic carbocycles. The second-order valence-electron chi connectivity index (χ2n) is 14.2. The summed E-state index contributed by atoms with van der Waals surface area (Å²) < 4.78 is 52.1. The van der Waals surface area contributed by atoms with Crippen LogP contribution >= 0.6 is 22.9 Å². The van der Waals surface area contributed by atoms with Crippen LogP contribution in [0.15, 0.2) is 24.4 Å². The number of anilines is 1. The number of thiophene rings is 1. The van der Waals surface area contributed by atoms with Crippen molar-refractivity contribution in [3.05, 3.63) is 56.8 Å². The van der Waals surface area contributed by atoms with Crippen molar-refractivity contribution in [1.29, 1.82) is 5.26 Å². The van der Waals surface area contributed by atoms with Gasteiger partial charge < -0.3 is 15.0 Å². The van der Waals surface area contributed by atoms with Crippen molar-refractivity contribution < 1.29 is 17.9 Å². The standard InChI is InChI=1S/C36H33ClF3N7OS/c1-16-9-23-22-6-5-20(43-22)14-47(23)34-26-24(16)28(37)27(30-25-21(11-41)18(3)49-32(25)17(2)12-42-30)29(38)31(26)44-35(45-34)48-15-36-7-4-8-46(36)13-19(10-36)33(39)40/h12,20,22-23,43H,1,4-10,13-15H2,2-3H3/t20-,22+,23-,36+/m1/s1. The van der Waals surface area contributed by atoms with Gasteiger partial charge in [-0.15, -0.1) is 11.3 Å². The Labute approximate surface area is 290 Å². The number of ether oxygens (including phenoxy) is 1. The highest BCUT2D eigenvalue weighted by molar-refractivity contribution is 7.19. The smallest absolute Gasteiger partial charge is 0.319 e. The molecule has 8 nitrogen and oxygen atoms in total. The van der Waals surface area contributed by atoms with Crippen molar-refractivity contribution >= 4 is 55.3 Å². The topological polar surface area (TPSA) is 90.2 Å². The number of nitriles is 1. The first-order valence-corrected chi connectivity index (χ1v) is 17.9. The van der Waals surface area contributed by atoms with Gasteiger partial charge in [-0.1, -0.05) is 18.2 Å². The Bertz CT molecular complexity index is 2210. The number of hydrogen-bond donors (Lipinski definition) is 1. The van der Waals surface area contributed by atoms with Crippen LogP contribution in [0.4, 0.5) is 19.0 Å². The normalized spacial score (nSPS) is 26.0. The lowest BCUT2D eigenvalue weighted by Gasteiger charge is -2.41. The van der Waals surface area contributed by atoms with Gasteiger partial charge in [0.05, 0.1) is 32.8 Å². The monoisotopic (exact) mass is 703 g/mol. The number of piperazine rings is 1. The van der Waals surface area contributed by atoms with Crippen molar-refractivity contribution in [3.8, 4) is 23.3 Å². The van der Waals surface area contributed by atoms with Gasteiger partial charge >= 0.3 is 6.01 Å². The number of pyridine rings is 1. The fourth-order valence-corrected chi connectivity index (χ4v) is 10.6. The molecule has 4 aromatic rings. The molecular formula is C36H33ClF3N7OS. The molecule has 5 aliphatic heterocycles. The van der Waals surface area contributed by atoms with Crippen molar-refractivity contribution in [2.24, 2.45) is 0 Å². The van der Waals surface area contributed by atoms with Crippen molar-refractivity contribution in [1.82, 2.24) is 25.2 Å². The van der Waals surface area contributed by atoms with Crippen molar-refractivity contribution in [2.45, 2.75) is 76.0 Å². The second-order valence-corrected chi connectivity index (χ2v) is 15.8. The lowest BCUT2D eigenvalue weighted by molar-refractivity contribution is 0.108. The second kappa shape index (κ2) is 11.1. The summed E-state index contributed by atoms with van der Waals surface area (Å²) in [6.45, 7) is 9.98. The summed E-state index contributed by atoms with van der Waals surface area (Å²) >= 11 is 8.77. The number of nitrogens with one attached hydrogen (secondary N) is 1. The minimum Gasteiger partial charge on any atom is -0.461 e. The number of rotatable bonds is 4. The van der Waals surface area contributed by atoms with Gasteiger partial charge in [0.25, 0.3) is 6.08 Å². The Kier molecular flexibility index (Phi) is 7.09. The van der Waals surface area contributed by atoms with E-state index < -0.39 is 17.4 Å². The summed E-state index contributed by atoms with van der Waals surface area (Å²) in [7, 11) is 0. The third-order valence-electron chi connectivity index (χ3n) is 11.4. The van der Waals surface area contributed by atoms with Crippen LogP contribution in [0.2, 0.25) is 5.02 Å². The molecule has 0 spiro atoms. The molecule has 5 aliphatic rings. The Hall–Kier alpha value is -3.76. The van der Waals surface area contributed by atoms with E-state index in [1.807, 2.05) is 13.8 Å². The highest BCUT2D eigenvalue weighted by Gasteiger charge is 2.49. The zero-order valence-corrected chi connectivity index (χ0v) is 28.7. The van der Waals surface area contributed by atoms with E-state index in [2.05, 4.69) is 27.8 Å². The van der Waals surface area contributed by atoms with E-state index in [4.69, 9.17) is 31.3 Å². The van der Waals surface area contributed by atoms with Gasteiger partial charge in [-0.2, -0.15) is 24.0 Å². The molecule has 0 unspecified atom stereocenters. The minimum atomic E-state index is -1.63. The SMILES string of the molecule is C=C1C[C@@H]2[C@@H]3CC[C@H](CN2c2nc(OC[C@@]45CCCN4CC(=C(F)F)C5)nc4c(F)c(-c5ncc(C)c6sc(C)c(C#N)c56)c(Cl)c1c24)N3. The maximum absolute atomic E-state index is 17.4. The summed E-state index contributed by atoms with van der Waals surface area (Å²) in [5.74, 6) is -0.142. The predicted molar refractivity (Wildman–Crippen MR) is 185 cm³/mol. The molecule has 0 amide bonds. The molecule has 8 heterocycles. The molecule has 4 atom stereocenters. The van der Waals surface area contributed by atoms with Crippen LogP contribution in [-0.4, -0.2) is 69.8 Å². The molecule has 1 N–H and O–H groups in total. The molecule has 4 saturated heterocycles. The molecule has 2 bridgehead atoms. The lowest BCUT2D eigenvalue weighted by Crippen LogP contribution is -2.58. The first kappa shape index (κ1) is 31.2. The lowest BCUT2D eigenvalue weighted by atomic mass is 9.91. The highest BCUT2D eigenvalue weighted by atomic mass is 35.5. The zero-order chi connectivity index (χ0) is 33.9. The molecule has 4 fully saturated rings. The number of halogens is 4. The largest absolute Gasteiger partial charge is 0.461 e. The number of benzene rings is 1. The van der Waals surface area contributed by atoms with Crippen LogP contribution in [0.5, 0.6) is 6.01 Å². The number of fused-ring (bicyclic) bond motifs is 7. The average Bonchev–Trinajstić information content (AvgIpc) is 3.82. The third-order valence-corrected chi connectivity index (χ3v) is 13.1. The average molecular weight is 704 g/mol. The molecule has 3 aromatic heterocycles. The maximum atomic E-state index is 17.4. The summed E-state index contributed by atoms with van der Waals surface area (Å²) in [5, 5.41) is 15.1. The fourth-order valence-electron chi connectivity index (χ4n) is 9.14. The summed E-state index contributed by atoms with van der Waals surface area (Å²) in [5.41, 5.74) is 2.56. The van der Waals surface area contributed by atoms with Crippen LogP contribution in [0.25, 0.3) is 37.8 Å². The van der Waals surface area contributed by atoms with Gasteiger partial charge in [0.2, 0.25) is 0 Å². The quantitative estimate of drug-likeness (QED) is 0.232. The Balaban J connectivity index is 1.27. The maximum Gasteiger partial charge on any atom is 0.319 e. The van der Waals surface area contributed by atoms with Crippen LogP contribution in [0.1, 0.15) is 60.1 Å². The molecule has 1 aromatic carbocycles. The first-order chi connectivity index (χ1) is 23.6. The Morgan fingerprint density at radius 3 is 2.88 bits per heavy atom. The molecular weight excluding hydrogens is 671 g/mol. The van der Waals surface area contributed by atoms with Gasteiger partial charge in [0.15, 0.2) is 5.82 Å². The number of nitrogens with zero attached hydrogens (tertiary/aromatic N) is 6. The number of hydrogen-bond acceptors (Lipinski definition) is 9. The molecule has 13 heteroatoms. The van der Waals surface area contributed by atoms with E-state index in [9.17, 15) is 14.0 Å². The van der Waals surface area contributed by atoms with Crippen LogP contribution in [-0.2, 0) is 0 Å². The molecule has 252 valence electrons. The Morgan fingerprint density at radius 1 is 1.24 bits per heavy atom. The van der Waals surface area contributed by atoms with Crippen molar-refractivity contribution in [2.75, 3.05) is 31.1 Å². The summed E-state index contributed by atoms with van der Waals surface area (Å²) in [4.78, 5) is 19.5. The molecule has 49 heavy (non-hydrogen) atoms. The van der Waals surface area contributed by atoms with Crippen LogP contribution in [0.3, 0.4) is 0 Å². The molecule has 0 radical (unpaired) electrons. The van der Waals surface area contributed by atoms with E-state index in [1.54, 1.807) is 6.20 Å². The van der Waals surface area contributed by atoms with E-state index in [0.717, 1.165) is 40.0 Å². The van der Waals surface area contributed by atoms with Crippen LogP contribution < -0.4 is 15.0 Å². The van der Waals surface area contributed by atoms with Gasteiger partial charge in [0, 0.05) is 63.5 Å². The zero-order valence-electron chi connectivity index (χ0n) is 27.1. The number of aromatic nitrogens is 3. The third kappa shape index (κ3) is 4.51. The van der Waals surface area contributed by atoms with Gasteiger partial charge in [-0.05, 0) is 70.1 Å². The highest BCUT2D eigenvalue weighted by Crippen LogP contribution is 2.51. The van der Waals surface area contributed by atoms with Crippen molar-refractivity contribution in [3.63, 3.8) is 0 Å². The fraction of sp³-hybridized carbons (Fsp3) is 0.444. The van der Waals surface area contributed by atoms with Crippen LogP contribution in [0, 0.1) is 31.0 Å². The van der Waals surface area contributed by atoms with E-state index in [-0.39, 0.29) is 71.1 Å². The predicted octanol–water partition coefficient (Wildman–Crippen LogP) is 7.68. The first-order valence-electron chi connectivity index (χ1n) is 16.7. The van der Waals surface area contributed by atoms with E-state index in [1.165, 1.54) is 11.3 Å². The Morgan fingerprint density at radius 2 is 2.08 bits per heavy atom.